The van der Waals surface area contributed by atoms with Gasteiger partial charge >= 0.3 is 6.09 Å². The van der Waals surface area contributed by atoms with Gasteiger partial charge in [-0.1, -0.05) is 6.92 Å². The van der Waals surface area contributed by atoms with Crippen LogP contribution >= 0.6 is 0 Å². The predicted octanol–water partition coefficient (Wildman–Crippen LogP) is 3.09. The predicted molar refractivity (Wildman–Crippen MR) is 82.1 cm³/mol. The van der Waals surface area contributed by atoms with Crippen molar-refractivity contribution in [3.05, 3.63) is 18.2 Å². The standard InChI is InChI=1S/C16H27N3O2/c1-5-14-9-17-12-19(14)11-13-7-6-8-18(10-13)15(20)21-16(2,3)4/h9,12-13H,5-8,10-11H2,1-4H3/t13-/m1/s1. The summed E-state index contributed by atoms with van der Waals surface area (Å²) >= 11 is 0. The highest BCUT2D eigenvalue weighted by Crippen LogP contribution is 2.21. The van der Waals surface area contributed by atoms with Gasteiger partial charge in [-0.25, -0.2) is 9.78 Å². The van der Waals surface area contributed by atoms with Crippen LogP contribution in [-0.4, -0.2) is 39.2 Å². The maximum atomic E-state index is 12.2. The molecule has 0 radical (unpaired) electrons. The van der Waals surface area contributed by atoms with E-state index in [2.05, 4.69) is 16.5 Å². The van der Waals surface area contributed by atoms with Crippen LogP contribution in [0.25, 0.3) is 0 Å². The van der Waals surface area contributed by atoms with Crippen LogP contribution in [0, 0.1) is 5.92 Å². The molecule has 1 amide bonds. The lowest BCUT2D eigenvalue weighted by atomic mass is 9.98. The zero-order chi connectivity index (χ0) is 15.5. The van der Waals surface area contributed by atoms with Crippen LogP contribution in [0.1, 0.15) is 46.2 Å². The normalized spacial score (nSPS) is 19.6. The highest BCUT2D eigenvalue weighted by molar-refractivity contribution is 5.68. The number of aryl methyl sites for hydroxylation is 1. The summed E-state index contributed by atoms with van der Waals surface area (Å²) in [4.78, 5) is 18.2. The number of piperidine rings is 1. The lowest BCUT2D eigenvalue weighted by Crippen LogP contribution is -2.43. The Bertz CT molecular complexity index is 476. The van der Waals surface area contributed by atoms with E-state index in [0.717, 1.165) is 38.9 Å². The first kappa shape index (κ1) is 15.9. The molecule has 0 N–H and O–H groups in total. The summed E-state index contributed by atoms with van der Waals surface area (Å²) in [7, 11) is 0. The number of likely N-dealkylation sites (tertiary alicyclic amines) is 1. The number of aromatic nitrogens is 2. The third kappa shape index (κ3) is 4.48. The van der Waals surface area contributed by atoms with E-state index in [1.165, 1.54) is 5.69 Å². The molecule has 1 saturated heterocycles. The first-order valence-electron chi connectivity index (χ1n) is 7.86. The molecule has 1 aliphatic heterocycles. The summed E-state index contributed by atoms with van der Waals surface area (Å²) in [6.45, 7) is 10.4. The van der Waals surface area contributed by atoms with Gasteiger partial charge in [-0.2, -0.15) is 0 Å². The molecule has 21 heavy (non-hydrogen) atoms. The van der Waals surface area contributed by atoms with Crippen LogP contribution in [0.15, 0.2) is 12.5 Å². The van der Waals surface area contributed by atoms with Crippen molar-refractivity contribution < 1.29 is 9.53 Å². The third-order valence-electron chi connectivity index (χ3n) is 3.79. The monoisotopic (exact) mass is 293 g/mol. The Morgan fingerprint density at radius 1 is 1.48 bits per heavy atom. The minimum Gasteiger partial charge on any atom is -0.444 e. The average molecular weight is 293 g/mol. The molecule has 0 unspecified atom stereocenters. The number of carbonyl (C=O) groups excluding carboxylic acids is 1. The zero-order valence-electron chi connectivity index (χ0n) is 13.6. The number of ether oxygens (including phenoxy) is 1. The molecule has 1 aliphatic rings. The van der Waals surface area contributed by atoms with Crippen molar-refractivity contribution in [3.8, 4) is 0 Å². The van der Waals surface area contributed by atoms with Gasteiger partial charge in [0.25, 0.3) is 0 Å². The fourth-order valence-electron chi connectivity index (χ4n) is 2.79. The van der Waals surface area contributed by atoms with Gasteiger partial charge in [0.15, 0.2) is 0 Å². The number of hydrogen-bond donors (Lipinski definition) is 0. The van der Waals surface area contributed by atoms with Crippen molar-refractivity contribution in [2.45, 2.75) is 59.1 Å². The van der Waals surface area contributed by atoms with Gasteiger partial charge in [0.2, 0.25) is 0 Å². The Labute approximate surface area is 127 Å². The maximum Gasteiger partial charge on any atom is 0.410 e. The Morgan fingerprint density at radius 2 is 2.24 bits per heavy atom. The van der Waals surface area contributed by atoms with Crippen LogP contribution in [0.3, 0.4) is 0 Å². The van der Waals surface area contributed by atoms with E-state index in [9.17, 15) is 4.79 Å². The smallest absolute Gasteiger partial charge is 0.410 e. The van der Waals surface area contributed by atoms with E-state index in [-0.39, 0.29) is 6.09 Å². The van der Waals surface area contributed by atoms with Gasteiger partial charge in [-0.05, 0) is 46.0 Å². The highest BCUT2D eigenvalue weighted by Gasteiger charge is 2.27. The summed E-state index contributed by atoms with van der Waals surface area (Å²) in [5.74, 6) is 0.478. The molecule has 0 saturated carbocycles. The first-order valence-corrected chi connectivity index (χ1v) is 7.86. The van der Waals surface area contributed by atoms with Crippen molar-refractivity contribution in [1.82, 2.24) is 14.5 Å². The van der Waals surface area contributed by atoms with E-state index in [4.69, 9.17) is 4.74 Å². The minimum absolute atomic E-state index is 0.187. The van der Waals surface area contributed by atoms with Crippen LogP contribution in [0.2, 0.25) is 0 Å². The maximum absolute atomic E-state index is 12.2. The number of amides is 1. The molecule has 5 nitrogen and oxygen atoms in total. The fourth-order valence-corrected chi connectivity index (χ4v) is 2.79. The van der Waals surface area contributed by atoms with Gasteiger partial charge in [-0.15, -0.1) is 0 Å². The molecule has 2 heterocycles. The van der Waals surface area contributed by atoms with Gasteiger partial charge in [0, 0.05) is 31.5 Å². The van der Waals surface area contributed by atoms with Crippen LogP contribution in [-0.2, 0) is 17.7 Å². The van der Waals surface area contributed by atoms with Crippen molar-refractivity contribution in [2.24, 2.45) is 5.92 Å². The number of rotatable bonds is 3. The molecule has 2 rings (SSSR count). The zero-order valence-corrected chi connectivity index (χ0v) is 13.6. The lowest BCUT2D eigenvalue weighted by Gasteiger charge is -2.34. The van der Waals surface area contributed by atoms with Crippen molar-refractivity contribution in [1.29, 1.82) is 0 Å². The molecule has 1 fully saturated rings. The van der Waals surface area contributed by atoms with Gasteiger partial charge in [0.05, 0.1) is 6.33 Å². The third-order valence-corrected chi connectivity index (χ3v) is 3.79. The number of hydrogen-bond acceptors (Lipinski definition) is 3. The summed E-state index contributed by atoms with van der Waals surface area (Å²) in [6, 6.07) is 0. The number of imidazole rings is 1. The Balaban J connectivity index is 1.93. The van der Waals surface area contributed by atoms with Crippen molar-refractivity contribution in [2.75, 3.05) is 13.1 Å². The molecule has 5 heteroatoms. The summed E-state index contributed by atoms with van der Waals surface area (Å²) < 4.78 is 7.69. The van der Waals surface area contributed by atoms with Gasteiger partial charge < -0.3 is 14.2 Å². The molecule has 0 spiro atoms. The number of nitrogens with zero attached hydrogens (tertiary/aromatic N) is 3. The SMILES string of the molecule is CCc1cncn1C[C@@H]1CCCN(C(=O)OC(C)(C)C)C1. The molecule has 1 aromatic heterocycles. The number of carbonyl (C=O) groups is 1. The molecular formula is C16H27N3O2. The van der Waals surface area contributed by atoms with E-state index in [1.807, 2.05) is 38.2 Å². The Hall–Kier alpha value is -1.52. The van der Waals surface area contributed by atoms with E-state index < -0.39 is 5.60 Å². The summed E-state index contributed by atoms with van der Waals surface area (Å²) in [5.41, 5.74) is 0.827. The summed E-state index contributed by atoms with van der Waals surface area (Å²) in [5, 5.41) is 0. The molecule has 0 bridgehead atoms. The van der Waals surface area contributed by atoms with Crippen LogP contribution in [0.5, 0.6) is 0 Å². The van der Waals surface area contributed by atoms with Crippen LogP contribution < -0.4 is 0 Å². The lowest BCUT2D eigenvalue weighted by molar-refractivity contribution is 0.0157. The minimum atomic E-state index is -0.427. The fraction of sp³-hybridized carbons (Fsp3) is 0.750. The van der Waals surface area contributed by atoms with E-state index in [0.29, 0.717) is 5.92 Å². The first-order chi connectivity index (χ1) is 9.89. The molecule has 1 aromatic rings. The highest BCUT2D eigenvalue weighted by atomic mass is 16.6. The summed E-state index contributed by atoms with van der Waals surface area (Å²) in [6.07, 6.45) is 6.82. The Morgan fingerprint density at radius 3 is 2.90 bits per heavy atom. The average Bonchev–Trinajstić information content (AvgIpc) is 2.84. The van der Waals surface area contributed by atoms with Gasteiger partial charge in [-0.3, -0.25) is 0 Å². The second kappa shape index (κ2) is 6.50. The van der Waals surface area contributed by atoms with Crippen LogP contribution in [0.4, 0.5) is 4.79 Å². The second-order valence-corrected chi connectivity index (χ2v) is 6.83. The molecule has 0 aromatic carbocycles. The second-order valence-electron chi connectivity index (χ2n) is 6.83. The quantitative estimate of drug-likeness (QED) is 0.860. The van der Waals surface area contributed by atoms with Crippen molar-refractivity contribution in [3.63, 3.8) is 0 Å². The van der Waals surface area contributed by atoms with E-state index in [1.54, 1.807) is 0 Å². The molecule has 0 aliphatic carbocycles. The van der Waals surface area contributed by atoms with Crippen molar-refractivity contribution >= 4 is 6.09 Å². The van der Waals surface area contributed by atoms with E-state index >= 15 is 0 Å². The topological polar surface area (TPSA) is 47.4 Å². The molecular weight excluding hydrogens is 266 g/mol. The largest absolute Gasteiger partial charge is 0.444 e. The molecule has 1 atom stereocenters. The Kier molecular flexibility index (Phi) is 4.91. The molecule has 118 valence electrons. The van der Waals surface area contributed by atoms with Gasteiger partial charge in [0.1, 0.15) is 5.60 Å².